The Balaban J connectivity index is 2.65. The summed E-state index contributed by atoms with van der Waals surface area (Å²) < 4.78 is 49.2. The molecule has 1 aliphatic heterocycles. The molecule has 0 bridgehead atoms. The molecule has 0 fully saturated rings. The van der Waals surface area contributed by atoms with Crippen molar-refractivity contribution in [1.82, 2.24) is 0 Å². The molecule has 0 amide bonds. The maximum atomic E-state index is 13.0. The van der Waals surface area contributed by atoms with Crippen LogP contribution in [-0.4, -0.2) is 12.6 Å². The van der Waals surface area contributed by atoms with Crippen LogP contribution in [0, 0.1) is 11.3 Å². The molecule has 25 heavy (non-hydrogen) atoms. The minimum atomic E-state index is -4.56. The highest BCUT2D eigenvalue weighted by Crippen LogP contribution is 2.41. The molecule has 5 nitrogen and oxygen atoms in total. The number of nitrogens with zero attached hydrogens (tertiary/aromatic N) is 1. The topological polar surface area (TPSA) is 85.3 Å². The normalized spacial score (nSPS) is 17.8. The van der Waals surface area contributed by atoms with Gasteiger partial charge in [0.2, 0.25) is 5.88 Å². The standard InChI is InChI=1S/C17H15F3N2O3/c1-3-24-16(23)13-9(2)25-15(22)12(8-21)14(13)10-5-4-6-11(7-10)17(18,19)20/h4-7,14H,3,22H2,1-2H3/t14-/m1/s1. The summed E-state index contributed by atoms with van der Waals surface area (Å²) in [6.07, 6.45) is -4.56. The number of alkyl halides is 3. The molecule has 0 unspecified atom stereocenters. The summed E-state index contributed by atoms with van der Waals surface area (Å²) in [5.41, 5.74) is 4.70. The lowest BCUT2D eigenvalue weighted by Crippen LogP contribution is -2.25. The van der Waals surface area contributed by atoms with Crippen molar-refractivity contribution in [1.29, 1.82) is 5.26 Å². The van der Waals surface area contributed by atoms with E-state index in [9.17, 15) is 23.2 Å². The third-order valence-corrected chi connectivity index (χ3v) is 3.65. The second-order valence-corrected chi connectivity index (χ2v) is 5.24. The fourth-order valence-corrected chi connectivity index (χ4v) is 2.58. The first-order valence-electron chi connectivity index (χ1n) is 7.33. The van der Waals surface area contributed by atoms with E-state index in [1.165, 1.54) is 19.1 Å². The van der Waals surface area contributed by atoms with E-state index in [2.05, 4.69) is 0 Å². The maximum Gasteiger partial charge on any atom is 0.416 e. The Kier molecular flexibility index (Phi) is 5.07. The summed E-state index contributed by atoms with van der Waals surface area (Å²) in [7, 11) is 0. The molecule has 132 valence electrons. The third kappa shape index (κ3) is 3.60. The second-order valence-electron chi connectivity index (χ2n) is 5.24. The van der Waals surface area contributed by atoms with Crippen LogP contribution in [0.5, 0.6) is 0 Å². The van der Waals surface area contributed by atoms with Crippen LogP contribution in [0.25, 0.3) is 0 Å². The quantitative estimate of drug-likeness (QED) is 0.843. The number of hydrogen-bond acceptors (Lipinski definition) is 5. The van der Waals surface area contributed by atoms with Crippen LogP contribution in [-0.2, 0) is 20.4 Å². The number of halogens is 3. The van der Waals surface area contributed by atoms with Gasteiger partial charge in [-0.2, -0.15) is 18.4 Å². The zero-order valence-corrected chi connectivity index (χ0v) is 13.5. The molecule has 0 aliphatic carbocycles. The number of nitrogens with two attached hydrogens (primary N) is 1. The monoisotopic (exact) mass is 352 g/mol. The molecule has 0 aromatic heterocycles. The molecule has 0 spiro atoms. The number of esters is 1. The van der Waals surface area contributed by atoms with Gasteiger partial charge in [0, 0.05) is 0 Å². The van der Waals surface area contributed by atoms with Gasteiger partial charge in [-0.05, 0) is 25.5 Å². The smallest absolute Gasteiger partial charge is 0.416 e. The van der Waals surface area contributed by atoms with Gasteiger partial charge in [0.15, 0.2) is 0 Å². The van der Waals surface area contributed by atoms with Crippen LogP contribution in [0.15, 0.2) is 47.1 Å². The van der Waals surface area contributed by atoms with Gasteiger partial charge in [-0.25, -0.2) is 4.79 Å². The van der Waals surface area contributed by atoms with E-state index in [4.69, 9.17) is 15.2 Å². The van der Waals surface area contributed by atoms with E-state index in [0.29, 0.717) is 0 Å². The van der Waals surface area contributed by atoms with Crippen molar-refractivity contribution < 1.29 is 27.4 Å². The number of hydrogen-bond donors (Lipinski definition) is 1. The van der Waals surface area contributed by atoms with Gasteiger partial charge in [0.1, 0.15) is 17.4 Å². The predicted octanol–water partition coefficient (Wildman–Crippen LogP) is 3.35. The average Bonchev–Trinajstić information content (AvgIpc) is 2.53. The Hall–Kier alpha value is -2.95. The van der Waals surface area contributed by atoms with Crippen LogP contribution in [0.4, 0.5) is 13.2 Å². The summed E-state index contributed by atoms with van der Waals surface area (Å²) in [6, 6.07) is 6.20. The Morgan fingerprint density at radius 2 is 2.12 bits per heavy atom. The maximum absolute atomic E-state index is 13.0. The summed E-state index contributed by atoms with van der Waals surface area (Å²) in [5, 5.41) is 9.37. The van der Waals surface area contributed by atoms with Crippen LogP contribution in [0.1, 0.15) is 30.9 Å². The molecule has 0 saturated carbocycles. The van der Waals surface area contributed by atoms with Crippen molar-refractivity contribution in [2.75, 3.05) is 6.61 Å². The first-order valence-corrected chi connectivity index (χ1v) is 7.33. The minimum absolute atomic E-state index is 0.0491. The highest BCUT2D eigenvalue weighted by atomic mass is 19.4. The molecule has 1 aromatic carbocycles. The van der Waals surface area contributed by atoms with Gasteiger partial charge in [0.25, 0.3) is 0 Å². The summed E-state index contributed by atoms with van der Waals surface area (Å²) in [4.78, 5) is 12.3. The lowest BCUT2D eigenvalue weighted by Gasteiger charge is -2.27. The molecule has 2 rings (SSSR count). The first kappa shape index (κ1) is 18.4. The fraction of sp³-hybridized carbons (Fsp3) is 0.294. The van der Waals surface area contributed by atoms with Crippen LogP contribution < -0.4 is 5.73 Å². The Labute approximate surface area is 142 Å². The van der Waals surface area contributed by atoms with E-state index >= 15 is 0 Å². The lowest BCUT2D eigenvalue weighted by atomic mass is 9.82. The molecule has 1 heterocycles. The van der Waals surface area contributed by atoms with Gasteiger partial charge in [-0.1, -0.05) is 18.2 Å². The summed E-state index contributed by atoms with van der Waals surface area (Å²) in [5.74, 6) is -2.05. The van der Waals surface area contributed by atoms with Crippen molar-refractivity contribution in [3.8, 4) is 6.07 Å². The number of allylic oxidation sites excluding steroid dienone is 2. The van der Waals surface area contributed by atoms with E-state index in [1.807, 2.05) is 6.07 Å². The molecule has 8 heteroatoms. The zero-order chi connectivity index (χ0) is 18.8. The number of carbonyl (C=O) groups excluding carboxylic acids is 1. The summed E-state index contributed by atoms with van der Waals surface area (Å²) >= 11 is 0. The molecule has 1 aromatic rings. The van der Waals surface area contributed by atoms with Crippen molar-refractivity contribution in [2.24, 2.45) is 5.73 Å². The van der Waals surface area contributed by atoms with Crippen LogP contribution in [0.3, 0.4) is 0 Å². The number of rotatable bonds is 3. The Bertz CT molecular complexity index is 804. The SMILES string of the molecule is CCOC(=O)C1=C(C)OC(N)=C(C#N)[C@H]1c1cccc(C(F)(F)F)c1. The van der Waals surface area contributed by atoms with E-state index in [0.717, 1.165) is 12.1 Å². The molecule has 0 saturated heterocycles. The second kappa shape index (κ2) is 6.89. The third-order valence-electron chi connectivity index (χ3n) is 3.65. The Morgan fingerprint density at radius 1 is 1.44 bits per heavy atom. The summed E-state index contributed by atoms with van der Waals surface area (Å²) in [6.45, 7) is 3.09. The minimum Gasteiger partial charge on any atom is -0.463 e. The molecule has 1 atom stereocenters. The molecular weight excluding hydrogens is 337 g/mol. The number of nitriles is 1. The molecular formula is C17H15F3N2O3. The number of benzene rings is 1. The molecule has 1 aliphatic rings. The highest BCUT2D eigenvalue weighted by molar-refractivity contribution is 5.92. The van der Waals surface area contributed by atoms with Gasteiger partial charge in [-0.15, -0.1) is 0 Å². The largest absolute Gasteiger partial charge is 0.463 e. The molecule has 2 N–H and O–H groups in total. The van der Waals surface area contributed by atoms with Gasteiger partial charge >= 0.3 is 12.1 Å². The van der Waals surface area contributed by atoms with Gasteiger partial charge in [0.05, 0.1) is 23.7 Å². The van der Waals surface area contributed by atoms with Gasteiger partial charge in [-0.3, -0.25) is 0 Å². The van der Waals surface area contributed by atoms with Crippen molar-refractivity contribution in [2.45, 2.75) is 25.9 Å². The van der Waals surface area contributed by atoms with Crippen LogP contribution >= 0.6 is 0 Å². The zero-order valence-electron chi connectivity index (χ0n) is 13.5. The lowest BCUT2D eigenvalue weighted by molar-refractivity contribution is -0.139. The van der Waals surface area contributed by atoms with E-state index in [-0.39, 0.29) is 35.0 Å². The van der Waals surface area contributed by atoms with E-state index in [1.54, 1.807) is 6.92 Å². The van der Waals surface area contributed by atoms with Crippen LogP contribution in [0.2, 0.25) is 0 Å². The fourth-order valence-electron chi connectivity index (χ4n) is 2.58. The van der Waals surface area contributed by atoms with Crippen molar-refractivity contribution in [3.63, 3.8) is 0 Å². The van der Waals surface area contributed by atoms with Crippen molar-refractivity contribution in [3.05, 3.63) is 58.2 Å². The van der Waals surface area contributed by atoms with Crippen molar-refractivity contribution >= 4 is 5.97 Å². The Morgan fingerprint density at radius 3 is 2.68 bits per heavy atom. The number of carbonyl (C=O) groups is 1. The number of ether oxygens (including phenoxy) is 2. The van der Waals surface area contributed by atoms with Gasteiger partial charge < -0.3 is 15.2 Å². The molecule has 0 radical (unpaired) electrons. The average molecular weight is 352 g/mol. The van der Waals surface area contributed by atoms with E-state index < -0.39 is 23.6 Å². The predicted molar refractivity (Wildman–Crippen MR) is 81.4 cm³/mol. The first-order chi connectivity index (χ1) is 11.7. The highest BCUT2D eigenvalue weighted by Gasteiger charge is 2.38.